The summed E-state index contributed by atoms with van der Waals surface area (Å²) in [5.41, 5.74) is 2.34. The summed E-state index contributed by atoms with van der Waals surface area (Å²) in [5, 5.41) is 13.6. The zero-order valence-electron chi connectivity index (χ0n) is 11.8. The first-order valence-corrected chi connectivity index (χ1v) is 6.95. The minimum atomic E-state index is -0.183. The molecular formula is C16H25NO. The Hall–Kier alpha value is -1.02. The van der Waals surface area contributed by atoms with Crippen LogP contribution >= 0.6 is 0 Å². The Morgan fingerprint density at radius 1 is 1.17 bits per heavy atom. The third-order valence-electron chi connectivity index (χ3n) is 4.74. The summed E-state index contributed by atoms with van der Waals surface area (Å²) in [6.07, 6.45) is 4.68. The molecule has 2 heteroatoms. The third kappa shape index (κ3) is 2.26. The normalized spacial score (nSPS) is 26.9. The molecule has 0 amide bonds. The van der Waals surface area contributed by atoms with Crippen LogP contribution in [0.25, 0.3) is 0 Å². The number of benzene rings is 1. The molecule has 1 aromatic carbocycles. The molecule has 2 nitrogen and oxygen atoms in total. The highest BCUT2D eigenvalue weighted by molar-refractivity contribution is 5.53. The molecule has 1 unspecified atom stereocenters. The molecule has 1 atom stereocenters. The maximum atomic E-state index is 9.97. The van der Waals surface area contributed by atoms with Crippen molar-refractivity contribution in [2.24, 2.45) is 5.41 Å². The predicted octanol–water partition coefficient (Wildman–Crippen LogP) is 3.74. The quantitative estimate of drug-likeness (QED) is 0.853. The van der Waals surface area contributed by atoms with E-state index in [0.717, 1.165) is 12.1 Å². The Morgan fingerprint density at radius 3 is 2.44 bits per heavy atom. The maximum Gasteiger partial charge on any atom is 0.0666 e. The lowest BCUT2D eigenvalue weighted by molar-refractivity contribution is 0.0579. The fraction of sp³-hybridized carbons (Fsp3) is 0.625. The van der Waals surface area contributed by atoms with Crippen molar-refractivity contribution in [2.45, 2.75) is 52.0 Å². The predicted molar refractivity (Wildman–Crippen MR) is 76.9 cm³/mol. The number of aliphatic hydroxyl groups is 1. The first kappa shape index (κ1) is 13.4. The number of hydrogen-bond acceptors (Lipinski definition) is 2. The molecule has 0 spiro atoms. The van der Waals surface area contributed by atoms with Crippen LogP contribution in [-0.2, 0) is 0 Å². The number of hydrogen-bond donors (Lipinski definition) is 2. The Labute approximate surface area is 110 Å². The second-order valence-electron chi connectivity index (χ2n) is 6.27. The van der Waals surface area contributed by atoms with E-state index in [9.17, 15) is 5.11 Å². The fourth-order valence-corrected chi connectivity index (χ4v) is 3.11. The van der Waals surface area contributed by atoms with Crippen LogP contribution < -0.4 is 5.32 Å². The van der Waals surface area contributed by atoms with Crippen LogP contribution in [0.4, 0.5) is 5.69 Å². The Balaban J connectivity index is 2.30. The SMILES string of the molecule is Cc1ccccc1NC1(CO)CCCCC1(C)C. The van der Waals surface area contributed by atoms with Gasteiger partial charge in [0.1, 0.15) is 0 Å². The van der Waals surface area contributed by atoms with Gasteiger partial charge in [0.25, 0.3) is 0 Å². The smallest absolute Gasteiger partial charge is 0.0666 e. The summed E-state index contributed by atoms with van der Waals surface area (Å²) in [4.78, 5) is 0. The molecule has 0 aliphatic heterocycles. The van der Waals surface area contributed by atoms with Crippen molar-refractivity contribution in [3.8, 4) is 0 Å². The molecule has 2 N–H and O–H groups in total. The first-order valence-electron chi connectivity index (χ1n) is 6.95. The van der Waals surface area contributed by atoms with Gasteiger partial charge in [0, 0.05) is 5.69 Å². The van der Waals surface area contributed by atoms with Crippen LogP contribution in [-0.4, -0.2) is 17.3 Å². The van der Waals surface area contributed by atoms with E-state index in [0.29, 0.717) is 0 Å². The van der Waals surface area contributed by atoms with Gasteiger partial charge in [-0.2, -0.15) is 0 Å². The highest BCUT2D eigenvalue weighted by atomic mass is 16.3. The van der Waals surface area contributed by atoms with E-state index in [1.807, 2.05) is 0 Å². The number of rotatable bonds is 3. The van der Waals surface area contributed by atoms with Crippen molar-refractivity contribution in [2.75, 3.05) is 11.9 Å². The summed E-state index contributed by atoms with van der Waals surface area (Å²) >= 11 is 0. The van der Waals surface area contributed by atoms with Crippen molar-refractivity contribution in [3.63, 3.8) is 0 Å². The minimum absolute atomic E-state index is 0.127. The van der Waals surface area contributed by atoms with E-state index in [1.165, 1.54) is 24.8 Å². The summed E-state index contributed by atoms with van der Waals surface area (Å²) in [7, 11) is 0. The zero-order valence-corrected chi connectivity index (χ0v) is 11.8. The summed E-state index contributed by atoms with van der Waals surface area (Å²) < 4.78 is 0. The molecule has 100 valence electrons. The van der Waals surface area contributed by atoms with Crippen molar-refractivity contribution in [1.82, 2.24) is 0 Å². The molecule has 0 bridgehead atoms. The van der Waals surface area contributed by atoms with Gasteiger partial charge in [-0.25, -0.2) is 0 Å². The maximum absolute atomic E-state index is 9.97. The molecule has 0 radical (unpaired) electrons. The summed E-state index contributed by atoms with van der Waals surface area (Å²) in [6, 6.07) is 8.33. The van der Waals surface area contributed by atoms with E-state index >= 15 is 0 Å². The molecule has 1 fully saturated rings. The van der Waals surface area contributed by atoms with Gasteiger partial charge in [0.15, 0.2) is 0 Å². The van der Waals surface area contributed by atoms with Crippen molar-refractivity contribution < 1.29 is 5.11 Å². The van der Waals surface area contributed by atoms with Gasteiger partial charge in [-0.05, 0) is 36.8 Å². The van der Waals surface area contributed by atoms with Crippen LogP contribution in [0, 0.1) is 12.3 Å². The van der Waals surface area contributed by atoms with E-state index in [1.54, 1.807) is 0 Å². The monoisotopic (exact) mass is 247 g/mol. The lowest BCUT2D eigenvalue weighted by Gasteiger charge is -2.50. The van der Waals surface area contributed by atoms with Crippen LogP contribution in [0.2, 0.25) is 0 Å². The second kappa shape index (κ2) is 4.93. The Bertz CT molecular complexity index is 413. The van der Waals surface area contributed by atoms with Crippen LogP contribution in [0.3, 0.4) is 0 Å². The van der Waals surface area contributed by atoms with Crippen LogP contribution in [0.1, 0.15) is 45.1 Å². The zero-order chi connectivity index (χ0) is 13.2. The van der Waals surface area contributed by atoms with Crippen LogP contribution in [0.5, 0.6) is 0 Å². The molecule has 1 saturated carbocycles. The third-order valence-corrected chi connectivity index (χ3v) is 4.74. The van der Waals surface area contributed by atoms with Gasteiger partial charge in [-0.1, -0.05) is 44.9 Å². The van der Waals surface area contributed by atoms with Gasteiger partial charge >= 0.3 is 0 Å². The van der Waals surface area contributed by atoms with Gasteiger partial charge in [0.05, 0.1) is 12.1 Å². The topological polar surface area (TPSA) is 32.3 Å². The molecule has 2 rings (SSSR count). The molecule has 1 aliphatic carbocycles. The van der Waals surface area contributed by atoms with Crippen molar-refractivity contribution in [3.05, 3.63) is 29.8 Å². The molecule has 18 heavy (non-hydrogen) atoms. The fourth-order valence-electron chi connectivity index (χ4n) is 3.11. The number of anilines is 1. The van der Waals surface area contributed by atoms with E-state index in [2.05, 4.69) is 50.4 Å². The summed E-state index contributed by atoms with van der Waals surface area (Å²) in [6.45, 7) is 6.86. The average molecular weight is 247 g/mol. The average Bonchev–Trinajstić information content (AvgIpc) is 2.34. The Kier molecular flexibility index (Phi) is 3.67. The number of aryl methyl sites for hydroxylation is 1. The van der Waals surface area contributed by atoms with Crippen LogP contribution in [0.15, 0.2) is 24.3 Å². The molecule has 1 aromatic rings. The minimum Gasteiger partial charge on any atom is -0.394 e. The highest BCUT2D eigenvalue weighted by Crippen LogP contribution is 2.45. The molecular weight excluding hydrogens is 222 g/mol. The highest BCUT2D eigenvalue weighted by Gasteiger charge is 2.46. The van der Waals surface area contributed by atoms with Gasteiger partial charge < -0.3 is 10.4 Å². The second-order valence-corrected chi connectivity index (χ2v) is 6.27. The molecule has 0 aromatic heterocycles. The molecule has 0 saturated heterocycles. The first-order chi connectivity index (χ1) is 8.51. The lowest BCUT2D eigenvalue weighted by atomic mass is 9.63. The standard InChI is InChI=1S/C16H25NO/c1-13-8-4-5-9-14(13)17-16(12-18)11-7-6-10-15(16,2)3/h4-5,8-9,17-18H,6-7,10-12H2,1-3H3. The summed E-state index contributed by atoms with van der Waals surface area (Å²) in [5.74, 6) is 0. The van der Waals surface area contributed by atoms with E-state index < -0.39 is 0 Å². The van der Waals surface area contributed by atoms with Gasteiger partial charge in [-0.15, -0.1) is 0 Å². The van der Waals surface area contributed by atoms with Crippen molar-refractivity contribution >= 4 is 5.69 Å². The van der Waals surface area contributed by atoms with E-state index in [4.69, 9.17) is 0 Å². The Morgan fingerprint density at radius 2 is 1.83 bits per heavy atom. The van der Waals surface area contributed by atoms with Gasteiger partial charge in [-0.3, -0.25) is 0 Å². The van der Waals surface area contributed by atoms with Crippen molar-refractivity contribution in [1.29, 1.82) is 0 Å². The number of aliphatic hydroxyl groups excluding tert-OH is 1. The molecule has 1 aliphatic rings. The number of nitrogens with one attached hydrogen (secondary N) is 1. The largest absolute Gasteiger partial charge is 0.394 e. The van der Waals surface area contributed by atoms with Gasteiger partial charge in [0.2, 0.25) is 0 Å². The lowest BCUT2D eigenvalue weighted by Crippen LogP contribution is -2.56. The number of para-hydroxylation sites is 1. The van der Waals surface area contributed by atoms with E-state index in [-0.39, 0.29) is 17.6 Å². The molecule has 0 heterocycles.